The Labute approximate surface area is 165 Å². The number of benzene rings is 2. The number of anilines is 2. The van der Waals surface area contributed by atoms with E-state index in [0.29, 0.717) is 16.1 Å². The van der Waals surface area contributed by atoms with Crippen molar-refractivity contribution in [1.82, 2.24) is 0 Å². The molecule has 2 N–H and O–H groups in total. The maximum atomic E-state index is 13.0. The first-order valence-electron chi connectivity index (χ1n) is 8.38. The molecule has 0 saturated carbocycles. The van der Waals surface area contributed by atoms with Gasteiger partial charge in [0.1, 0.15) is 16.9 Å². The van der Waals surface area contributed by atoms with Crippen LogP contribution in [0.2, 0.25) is 0 Å². The lowest BCUT2D eigenvalue weighted by Crippen LogP contribution is -2.12. The van der Waals surface area contributed by atoms with Crippen LogP contribution >= 0.6 is 11.3 Å². The summed E-state index contributed by atoms with van der Waals surface area (Å²) < 4.78 is 13.0. The minimum absolute atomic E-state index is 0.232. The molecule has 140 valence electrons. The number of carbonyl (C=O) groups is 2. The number of aryl methyl sites for hydroxylation is 1. The Bertz CT molecular complexity index is 1100. The summed E-state index contributed by atoms with van der Waals surface area (Å²) in [5.74, 6) is -1.28. The van der Waals surface area contributed by atoms with Crippen LogP contribution in [0.1, 0.15) is 36.7 Å². The zero-order valence-electron chi connectivity index (χ0n) is 15.2. The first kappa shape index (κ1) is 19.3. The number of hydrogen-bond acceptors (Lipinski definition) is 4. The fraction of sp³-hybridized carbons (Fsp3) is 0.0952. The third-order valence-corrected chi connectivity index (χ3v) is 5.40. The van der Waals surface area contributed by atoms with E-state index in [4.69, 9.17) is 0 Å². The lowest BCUT2D eigenvalue weighted by Gasteiger charge is -2.07. The van der Waals surface area contributed by atoms with Crippen LogP contribution in [0, 0.1) is 31.0 Å². The van der Waals surface area contributed by atoms with Gasteiger partial charge in [0, 0.05) is 11.3 Å². The quantitative estimate of drug-likeness (QED) is 0.663. The average molecular weight is 393 g/mol. The minimum Gasteiger partial charge on any atom is -0.321 e. The van der Waals surface area contributed by atoms with E-state index in [1.165, 1.54) is 24.3 Å². The summed E-state index contributed by atoms with van der Waals surface area (Å²) in [6, 6.07) is 14.5. The van der Waals surface area contributed by atoms with Gasteiger partial charge in [-0.05, 0) is 55.3 Å². The number of nitrogens with one attached hydrogen (secondary N) is 2. The summed E-state index contributed by atoms with van der Waals surface area (Å²) in [4.78, 5) is 25.4. The second-order valence-corrected chi connectivity index (χ2v) is 7.12. The van der Waals surface area contributed by atoms with Crippen molar-refractivity contribution in [3.8, 4) is 6.07 Å². The summed E-state index contributed by atoms with van der Waals surface area (Å²) in [5, 5.41) is 15.2. The molecule has 2 aromatic carbocycles. The molecule has 2 amide bonds. The molecule has 1 aromatic heterocycles. The number of para-hydroxylation sites is 1. The molecule has 0 fully saturated rings. The standard InChI is InChI=1S/C21H16FN3O2S/c1-12-5-3-4-6-17(12)24-20(27)18-13(2)16(11-23)21(28-18)25-19(26)14-7-9-15(22)10-8-14/h3-10H,1-2H3,(H,24,27)(H,25,26). The molecule has 0 aliphatic heterocycles. The molecule has 0 spiro atoms. The zero-order chi connectivity index (χ0) is 20.3. The maximum absolute atomic E-state index is 13.0. The van der Waals surface area contributed by atoms with E-state index in [-0.39, 0.29) is 22.0 Å². The summed E-state index contributed by atoms with van der Waals surface area (Å²) in [6.45, 7) is 3.54. The van der Waals surface area contributed by atoms with Gasteiger partial charge in [-0.25, -0.2) is 4.39 Å². The van der Waals surface area contributed by atoms with Gasteiger partial charge < -0.3 is 10.6 Å². The molecular formula is C21H16FN3O2S. The Kier molecular flexibility index (Phi) is 5.52. The molecule has 0 aliphatic carbocycles. The van der Waals surface area contributed by atoms with Crippen molar-refractivity contribution in [1.29, 1.82) is 5.26 Å². The molecule has 0 saturated heterocycles. The number of rotatable bonds is 4. The van der Waals surface area contributed by atoms with Gasteiger partial charge in [-0.2, -0.15) is 5.26 Å². The van der Waals surface area contributed by atoms with Crippen molar-refractivity contribution in [3.63, 3.8) is 0 Å². The lowest BCUT2D eigenvalue weighted by atomic mass is 10.1. The normalized spacial score (nSPS) is 10.2. The SMILES string of the molecule is Cc1ccccc1NC(=O)c1sc(NC(=O)c2ccc(F)cc2)c(C#N)c1C. The third-order valence-electron chi connectivity index (χ3n) is 4.19. The first-order valence-corrected chi connectivity index (χ1v) is 9.19. The van der Waals surface area contributed by atoms with E-state index >= 15 is 0 Å². The highest BCUT2D eigenvalue weighted by atomic mass is 32.1. The molecule has 0 bridgehead atoms. The predicted molar refractivity (Wildman–Crippen MR) is 107 cm³/mol. The number of carbonyl (C=O) groups excluding carboxylic acids is 2. The molecule has 3 aromatic rings. The van der Waals surface area contributed by atoms with Crippen LogP contribution in [0.25, 0.3) is 0 Å². The van der Waals surface area contributed by atoms with Crippen molar-refractivity contribution in [2.24, 2.45) is 0 Å². The zero-order valence-corrected chi connectivity index (χ0v) is 16.0. The van der Waals surface area contributed by atoms with Gasteiger partial charge in [0.25, 0.3) is 11.8 Å². The molecule has 5 nitrogen and oxygen atoms in total. The van der Waals surface area contributed by atoms with Crippen molar-refractivity contribution in [2.45, 2.75) is 13.8 Å². The lowest BCUT2D eigenvalue weighted by molar-refractivity contribution is 0.102. The number of amides is 2. The van der Waals surface area contributed by atoms with Crippen LogP contribution in [0.4, 0.5) is 15.1 Å². The highest BCUT2D eigenvalue weighted by Gasteiger charge is 2.22. The van der Waals surface area contributed by atoms with Crippen LogP contribution in [-0.2, 0) is 0 Å². The number of nitrogens with zero attached hydrogens (tertiary/aromatic N) is 1. The van der Waals surface area contributed by atoms with Crippen molar-refractivity contribution >= 4 is 33.8 Å². The van der Waals surface area contributed by atoms with Crippen LogP contribution < -0.4 is 10.6 Å². The summed E-state index contributed by atoms with van der Waals surface area (Å²) in [6.07, 6.45) is 0. The predicted octanol–water partition coefficient (Wildman–Crippen LogP) is 4.88. The minimum atomic E-state index is -0.483. The highest BCUT2D eigenvalue weighted by molar-refractivity contribution is 7.18. The van der Waals surface area contributed by atoms with Crippen LogP contribution in [0.15, 0.2) is 48.5 Å². The Hall–Kier alpha value is -3.50. The second-order valence-electron chi connectivity index (χ2n) is 6.10. The van der Waals surface area contributed by atoms with E-state index in [1.807, 2.05) is 31.2 Å². The maximum Gasteiger partial charge on any atom is 0.266 e. The van der Waals surface area contributed by atoms with E-state index in [0.717, 1.165) is 16.9 Å². The Morgan fingerprint density at radius 1 is 1.00 bits per heavy atom. The molecule has 0 radical (unpaired) electrons. The average Bonchev–Trinajstić information content (AvgIpc) is 2.99. The molecule has 28 heavy (non-hydrogen) atoms. The number of thiophene rings is 1. The molecule has 1 heterocycles. The van der Waals surface area contributed by atoms with Crippen LogP contribution in [0.5, 0.6) is 0 Å². The van der Waals surface area contributed by atoms with E-state index < -0.39 is 11.7 Å². The second kappa shape index (κ2) is 8.03. The molecule has 0 atom stereocenters. The third kappa shape index (κ3) is 3.92. The van der Waals surface area contributed by atoms with E-state index in [1.54, 1.807) is 13.0 Å². The topological polar surface area (TPSA) is 82.0 Å². The van der Waals surface area contributed by atoms with Gasteiger partial charge in [0.05, 0.1) is 10.4 Å². The fourth-order valence-electron chi connectivity index (χ4n) is 2.62. The van der Waals surface area contributed by atoms with Gasteiger partial charge in [0.15, 0.2) is 0 Å². The highest BCUT2D eigenvalue weighted by Crippen LogP contribution is 2.33. The van der Waals surface area contributed by atoms with Crippen molar-refractivity contribution in [3.05, 3.63) is 81.5 Å². The van der Waals surface area contributed by atoms with E-state index in [9.17, 15) is 19.2 Å². The number of halogens is 1. The van der Waals surface area contributed by atoms with Gasteiger partial charge in [-0.1, -0.05) is 18.2 Å². The Morgan fingerprint density at radius 2 is 1.68 bits per heavy atom. The Balaban J connectivity index is 1.87. The Morgan fingerprint density at radius 3 is 2.32 bits per heavy atom. The number of nitriles is 1. The molecule has 0 unspecified atom stereocenters. The molecule has 7 heteroatoms. The monoisotopic (exact) mass is 393 g/mol. The summed E-state index contributed by atoms with van der Waals surface area (Å²) >= 11 is 1.03. The van der Waals surface area contributed by atoms with Gasteiger partial charge in [-0.3, -0.25) is 9.59 Å². The van der Waals surface area contributed by atoms with E-state index in [2.05, 4.69) is 10.6 Å². The summed E-state index contributed by atoms with van der Waals surface area (Å²) in [7, 11) is 0. The van der Waals surface area contributed by atoms with Crippen LogP contribution in [-0.4, -0.2) is 11.8 Å². The largest absolute Gasteiger partial charge is 0.321 e. The van der Waals surface area contributed by atoms with Gasteiger partial charge in [0.2, 0.25) is 0 Å². The van der Waals surface area contributed by atoms with Gasteiger partial charge in [-0.15, -0.1) is 11.3 Å². The van der Waals surface area contributed by atoms with Crippen molar-refractivity contribution < 1.29 is 14.0 Å². The smallest absolute Gasteiger partial charge is 0.266 e. The molecule has 0 aliphatic rings. The molecular weight excluding hydrogens is 377 g/mol. The van der Waals surface area contributed by atoms with Gasteiger partial charge >= 0.3 is 0 Å². The first-order chi connectivity index (χ1) is 13.4. The van der Waals surface area contributed by atoms with Crippen LogP contribution in [0.3, 0.4) is 0 Å². The van der Waals surface area contributed by atoms with Crippen molar-refractivity contribution in [2.75, 3.05) is 10.6 Å². The fourth-order valence-corrected chi connectivity index (χ4v) is 3.67. The number of hydrogen-bond donors (Lipinski definition) is 2. The molecule has 3 rings (SSSR count). The summed E-state index contributed by atoms with van der Waals surface area (Å²) in [5.41, 5.74) is 2.57.